The van der Waals surface area contributed by atoms with Gasteiger partial charge in [0.1, 0.15) is 0 Å². The second-order valence-corrected chi connectivity index (χ2v) is 5.43. The zero-order valence-corrected chi connectivity index (χ0v) is 11.1. The molecular weight excluding hydrogens is 240 g/mol. The third-order valence-electron chi connectivity index (χ3n) is 2.71. The lowest BCUT2D eigenvalue weighted by molar-refractivity contribution is 0.933. The molecule has 0 spiro atoms. The van der Waals surface area contributed by atoms with Crippen LogP contribution in [0.25, 0.3) is 0 Å². The molecular formula is C15H18N2S. The number of thioether (sulfide) groups is 1. The van der Waals surface area contributed by atoms with Crippen LogP contribution in [0, 0.1) is 0 Å². The highest BCUT2D eigenvalue weighted by atomic mass is 32.2. The van der Waals surface area contributed by atoms with Gasteiger partial charge in [-0.2, -0.15) is 0 Å². The number of nitrogens with two attached hydrogens (primary N) is 2. The molecule has 0 amide bonds. The number of nitrogen functional groups attached to an aromatic ring is 2. The summed E-state index contributed by atoms with van der Waals surface area (Å²) in [7, 11) is 0. The fourth-order valence-electron chi connectivity index (χ4n) is 1.78. The Morgan fingerprint density at radius 1 is 0.889 bits per heavy atom. The summed E-state index contributed by atoms with van der Waals surface area (Å²) in [6, 6.07) is 16.1. The van der Waals surface area contributed by atoms with Gasteiger partial charge in [0, 0.05) is 16.3 Å². The summed E-state index contributed by atoms with van der Waals surface area (Å²) in [5.74, 6) is 1.11. The molecule has 0 aliphatic rings. The van der Waals surface area contributed by atoms with Crippen LogP contribution in [0.15, 0.2) is 53.4 Å². The fraction of sp³-hybridized carbons (Fsp3) is 0.200. The Morgan fingerprint density at radius 3 is 2.39 bits per heavy atom. The number of anilines is 2. The van der Waals surface area contributed by atoms with E-state index in [-0.39, 0.29) is 0 Å². The van der Waals surface area contributed by atoms with Crippen LogP contribution in [0.1, 0.15) is 12.0 Å². The van der Waals surface area contributed by atoms with Gasteiger partial charge in [-0.3, -0.25) is 0 Å². The number of rotatable bonds is 5. The molecule has 94 valence electrons. The minimum atomic E-state index is 0.819. The quantitative estimate of drug-likeness (QED) is 0.489. The van der Waals surface area contributed by atoms with E-state index in [0.29, 0.717) is 0 Å². The third-order valence-corrected chi connectivity index (χ3v) is 3.81. The highest BCUT2D eigenvalue weighted by molar-refractivity contribution is 7.99. The molecule has 0 aliphatic carbocycles. The molecule has 18 heavy (non-hydrogen) atoms. The summed E-state index contributed by atoms with van der Waals surface area (Å²) in [5, 5.41) is 0. The highest BCUT2D eigenvalue weighted by Crippen LogP contribution is 2.20. The molecule has 3 heteroatoms. The maximum Gasteiger partial charge on any atom is 0.0316 e. The fourth-order valence-corrected chi connectivity index (χ4v) is 2.63. The van der Waals surface area contributed by atoms with Gasteiger partial charge in [-0.15, -0.1) is 11.8 Å². The van der Waals surface area contributed by atoms with Crippen LogP contribution in [0.4, 0.5) is 11.4 Å². The van der Waals surface area contributed by atoms with Crippen molar-refractivity contribution in [2.45, 2.75) is 17.7 Å². The van der Waals surface area contributed by atoms with Gasteiger partial charge >= 0.3 is 0 Å². The zero-order valence-electron chi connectivity index (χ0n) is 10.3. The van der Waals surface area contributed by atoms with Gasteiger partial charge in [-0.1, -0.05) is 12.1 Å². The SMILES string of the molecule is Nc1ccc(SCCCc2cccc(N)c2)cc1. The monoisotopic (exact) mass is 258 g/mol. The lowest BCUT2D eigenvalue weighted by Gasteiger charge is -2.03. The smallest absolute Gasteiger partial charge is 0.0316 e. The third kappa shape index (κ3) is 4.00. The van der Waals surface area contributed by atoms with Crippen molar-refractivity contribution in [3.63, 3.8) is 0 Å². The van der Waals surface area contributed by atoms with Gasteiger partial charge in [-0.05, 0) is 60.6 Å². The molecule has 0 heterocycles. The van der Waals surface area contributed by atoms with E-state index in [1.54, 1.807) is 0 Å². The minimum Gasteiger partial charge on any atom is -0.399 e. The number of aryl methyl sites for hydroxylation is 1. The predicted molar refractivity (Wildman–Crippen MR) is 80.8 cm³/mol. The summed E-state index contributed by atoms with van der Waals surface area (Å²) in [4.78, 5) is 1.27. The zero-order chi connectivity index (χ0) is 12.8. The normalized spacial score (nSPS) is 10.4. The molecule has 0 radical (unpaired) electrons. The number of hydrogen-bond donors (Lipinski definition) is 2. The summed E-state index contributed by atoms with van der Waals surface area (Å²) >= 11 is 1.87. The van der Waals surface area contributed by atoms with Crippen molar-refractivity contribution >= 4 is 23.1 Å². The molecule has 2 nitrogen and oxygen atoms in total. The molecule has 0 aromatic heterocycles. The lowest BCUT2D eigenvalue weighted by Crippen LogP contribution is -1.91. The Bertz CT molecular complexity index is 494. The second kappa shape index (κ2) is 6.36. The summed E-state index contributed by atoms with van der Waals surface area (Å²) in [6.07, 6.45) is 2.23. The van der Waals surface area contributed by atoms with Crippen molar-refractivity contribution < 1.29 is 0 Å². The Morgan fingerprint density at radius 2 is 1.67 bits per heavy atom. The first-order valence-corrected chi connectivity index (χ1v) is 7.05. The molecule has 0 aliphatic heterocycles. The van der Waals surface area contributed by atoms with E-state index in [2.05, 4.69) is 18.2 Å². The van der Waals surface area contributed by atoms with Gasteiger partial charge < -0.3 is 11.5 Å². The van der Waals surface area contributed by atoms with Crippen LogP contribution in [0.2, 0.25) is 0 Å². The van der Waals surface area contributed by atoms with E-state index in [1.165, 1.54) is 10.5 Å². The molecule has 2 aromatic rings. The van der Waals surface area contributed by atoms with Gasteiger partial charge in [0.15, 0.2) is 0 Å². The van der Waals surface area contributed by atoms with Crippen LogP contribution in [0.3, 0.4) is 0 Å². The van der Waals surface area contributed by atoms with Crippen LogP contribution < -0.4 is 11.5 Å². The summed E-state index contributed by atoms with van der Waals surface area (Å²) in [6.45, 7) is 0. The summed E-state index contributed by atoms with van der Waals surface area (Å²) in [5.41, 5.74) is 14.4. The van der Waals surface area contributed by atoms with E-state index < -0.39 is 0 Å². The molecule has 0 unspecified atom stereocenters. The standard InChI is InChI=1S/C15H18N2S/c16-13-6-8-15(9-7-13)18-10-2-4-12-3-1-5-14(17)11-12/h1,3,5-9,11H,2,4,10,16-17H2. The first kappa shape index (κ1) is 12.8. The van der Waals surface area contributed by atoms with E-state index >= 15 is 0 Å². The molecule has 2 aromatic carbocycles. The van der Waals surface area contributed by atoms with Crippen molar-refractivity contribution in [1.29, 1.82) is 0 Å². The largest absolute Gasteiger partial charge is 0.399 e. The number of hydrogen-bond acceptors (Lipinski definition) is 3. The minimum absolute atomic E-state index is 0.819. The number of benzene rings is 2. The van der Waals surface area contributed by atoms with Gasteiger partial charge in [-0.25, -0.2) is 0 Å². The van der Waals surface area contributed by atoms with Gasteiger partial charge in [0.25, 0.3) is 0 Å². The van der Waals surface area contributed by atoms with E-state index in [0.717, 1.165) is 30.0 Å². The molecule has 0 saturated heterocycles. The maximum atomic E-state index is 5.75. The van der Waals surface area contributed by atoms with Crippen molar-refractivity contribution in [3.8, 4) is 0 Å². The van der Waals surface area contributed by atoms with Crippen LogP contribution in [0.5, 0.6) is 0 Å². The van der Waals surface area contributed by atoms with Crippen molar-refractivity contribution in [3.05, 3.63) is 54.1 Å². The summed E-state index contributed by atoms with van der Waals surface area (Å²) < 4.78 is 0. The molecule has 4 N–H and O–H groups in total. The van der Waals surface area contributed by atoms with Crippen LogP contribution in [-0.4, -0.2) is 5.75 Å². The van der Waals surface area contributed by atoms with Crippen molar-refractivity contribution in [2.24, 2.45) is 0 Å². The predicted octanol–water partition coefficient (Wildman–Crippen LogP) is 3.58. The molecule has 0 saturated carbocycles. The van der Waals surface area contributed by atoms with Gasteiger partial charge in [0.2, 0.25) is 0 Å². The Labute approximate surface area is 112 Å². The van der Waals surface area contributed by atoms with E-state index in [9.17, 15) is 0 Å². The molecule has 0 bridgehead atoms. The van der Waals surface area contributed by atoms with Crippen molar-refractivity contribution in [2.75, 3.05) is 17.2 Å². The molecule has 0 atom stereocenters. The molecule has 0 fully saturated rings. The second-order valence-electron chi connectivity index (χ2n) is 4.27. The first-order chi connectivity index (χ1) is 8.74. The maximum absolute atomic E-state index is 5.75. The Hall–Kier alpha value is -1.61. The van der Waals surface area contributed by atoms with E-state index in [1.807, 2.05) is 42.1 Å². The van der Waals surface area contributed by atoms with Crippen LogP contribution in [-0.2, 0) is 6.42 Å². The van der Waals surface area contributed by atoms with Gasteiger partial charge in [0.05, 0.1) is 0 Å². The average molecular weight is 258 g/mol. The lowest BCUT2D eigenvalue weighted by atomic mass is 10.1. The molecule has 2 rings (SSSR count). The average Bonchev–Trinajstić information content (AvgIpc) is 2.37. The highest BCUT2D eigenvalue weighted by Gasteiger charge is 1.96. The Kier molecular flexibility index (Phi) is 4.53. The van der Waals surface area contributed by atoms with Crippen LogP contribution >= 0.6 is 11.8 Å². The van der Waals surface area contributed by atoms with Crippen molar-refractivity contribution in [1.82, 2.24) is 0 Å². The van der Waals surface area contributed by atoms with E-state index in [4.69, 9.17) is 11.5 Å². The topological polar surface area (TPSA) is 52.0 Å². The first-order valence-electron chi connectivity index (χ1n) is 6.07. The Balaban J connectivity index is 1.74.